The van der Waals surface area contributed by atoms with Crippen LogP contribution in [-0.2, 0) is 65.4 Å². The Morgan fingerprint density at radius 3 is 0.642 bits per heavy atom. The van der Waals surface area contributed by atoms with Gasteiger partial charge in [0.2, 0.25) is 0 Å². The van der Waals surface area contributed by atoms with Gasteiger partial charge in [-0.25, -0.2) is 9.13 Å². The van der Waals surface area contributed by atoms with Crippen LogP contribution in [-0.4, -0.2) is 96.7 Å². The van der Waals surface area contributed by atoms with Crippen LogP contribution in [0.2, 0.25) is 0 Å². The molecule has 0 fully saturated rings. The van der Waals surface area contributed by atoms with Crippen LogP contribution in [0.3, 0.4) is 0 Å². The van der Waals surface area contributed by atoms with Gasteiger partial charge in [0.05, 0.1) is 26.4 Å². The molecule has 19 heteroatoms. The quantitative estimate of drug-likeness (QED) is 0.0222. The smallest absolute Gasteiger partial charge is 0.462 e. The Morgan fingerprint density at radius 2 is 0.434 bits per heavy atom. The summed E-state index contributed by atoms with van der Waals surface area (Å²) < 4.78 is 68.9. The Labute approximate surface area is 651 Å². The van der Waals surface area contributed by atoms with Gasteiger partial charge >= 0.3 is 39.5 Å². The summed E-state index contributed by atoms with van der Waals surface area (Å²) in [5.41, 5.74) is 0. The minimum Gasteiger partial charge on any atom is -0.462 e. The van der Waals surface area contributed by atoms with Crippen LogP contribution in [0.1, 0.15) is 459 Å². The van der Waals surface area contributed by atoms with Gasteiger partial charge in [-0.2, -0.15) is 0 Å². The van der Waals surface area contributed by atoms with Crippen molar-refractivity contribution in [2.45, 2.75) is 478 Å². The lowest BCUT2D eigenvalue weighted by Crippen LogP contribution is -2.30. The van der Waals surface area contributed by atoms with Gasteiger partial charge in [-0.1, -0.05) is 408 Å². The topological polar surface area (TPSA) is 237 Å². The predicted molar refractivity (Wildman–Crippen MR) is 437 cm³/mol. The van der Waals surface area contributed by atoms with E-state index in [4.69, 9.17) is 37.0 Å². The Kier molecular flexibility index (Phi) is 75.6. The average Bonchev–Trinajstić information content (AvgIpc) is 0.901. The standard InChI is InChI=1S/C87H170O17P2/c1-8-9-10-11-12-13-14-15-16-17-18-19-20-27-32-37-42-47-56-63-70-86(91)103-82(74-97-84(89)68-61-54-46-41-36-31-26-22-21-24-29-34-39-44-51-58-65-78(2)3)76-101-105(93,94)99-72-81(88)73-100-106(95,96)102-77-83(75-98-85(90)69-62-55-50-49-53-60-67-80(6)7)104-87(92)71-64-57-48-43-38-33-28-23-25-30-35-40-45-52-59-66-79(4)5/h78-83,88H,8-77H2,1-7H3,(H,93,94)(H,95,96)/t81-,82-,83-/m1/s1. The molecule has 3 N–H and O–H groups in total. The van der Waals surface area contributed by atoms with Crippen molar-refractivity contribution in [3.63, 3.8) is 0 Å². The van der Waals surface area contributed by atoms with E-state index in [1.807, 2.05) is 0 Å². The van der Waals surface area contributed by atoms with E-state index in [1.165, 1.54) is 263 Å². The third kappa shape index (κ3) is 80.1. The molecule has 0 aromatic heterocycles. The van der Waals surface area contributed by atoms with E-state index in [2.05, 4.69) is 48.5 Å². The summed E-state index contributed by atoms with van der Waals surface area (Å²) >= 11 is 0. The molecule has 0 bridgehead atoms. The van der Waals surface area contributed by atoms with Gasteiger partial charge in [-0.15, -0.1) is 0 Å². The third-order valence-corrected chi connectivity index (χ3v) is 22.3. The number of phosphoric acid groups is 2. The molecule has 0 saturated heterocycles. The first-order valence-corrected chi connectivity index (χ1v) is 47.8. The van der Waals surface area contributed by atoms with Crippen molar-refractivity contribution in [3.05, 3.63) is 0 Å². The molecule has 0 heterocycles. The number of hydrogen-bond donors (Lipinski definition) is 3. The summed E-state index contributed by atoms with van der Waals surface area (Å²) in [5, 5.41) is 10.7. The van der Waals surface area contributed by atoms with E-state index in [0.717, 1.165) is 108 Å². The number of carbonyl (C=O) groups is 4. The van der Waals surface area contributed by atoms with Gasteiger partial charge in [0.15, 0.2) is 12.2 Å². The van der Waals surface area contributed by atoms with Crippen LogP contribution in [0.15, 0.2) is 0 Å². The number of aliphatic hydroxyl groups excluding tert-OH is 1. The van der Waals surface area contributed by atoms with E-state index >= 15 is 0 Å². The molecule has 0 aliphatic heterocycles. The Morgan fingerprint density at radius 1 is 0.255 bits per heavy atom. The Balaban J connectivity index is 5.21. The van der Waals surface area contributed by atoms with E-state index in [0.29, 0.717) is 31.6 Å². The molecule has 106 heavy (non-hydrogen) atoms. The maximum Gasteiger partial charge on any atom is 0.472 e. The first kappa shape index (κ1) is 104. The third-order valence-electron chi connectivity index (χ3n) is 20.4. The second kappa shape index (κ2) is 77.0. The number of hydrogen-bond acceptors (Lipinski definition) is 15. The van der Waals surface area contributed by atoms with Crippen LogP contribution < -0.4 is 0 Å². The molecule has 0 aromatic carbocycles. The van der Waals surface area contributed by atoms with Crippen molar-refractivity contribution in [2.75, 3.05) is 39.6 Å². The minimum atomic E-state index is -4.97. The number of phosphoric ester groups is 2. The highest BCUT2D eigenvalue weighted by Crippen LogP contribution is 2.45. The highest BCUT2D eigenvalue weighted by atomic mass is 31.2. The lowest BCUT2D eigenvalue weighted by atomic mass is 10.0. The van der Waals surface area contributed by atoms with Crippen LogP contribution in [0.5, 0.6) is 0 Å². The van der Waals surface area contributed by atoms with E-state index in [-0.39, 0.29) is 25.7 Å². The van der Waals surface area contributed by atoms with Gasteiger partial charge in [-0.05, 0) is 43.4 Å². The number of aliphatic hydroxyl groups is 1. The van der Waals surface area contributed by atoms with Gasteiger partial charge < -0.3 is 33.8 Å². The normalized spacial score (nSPS) is 13.9. The highest BCUT2D eigenvalue weighted by molar-refractivity contribution is 7.47. The van der Waals surface area contributed by atoms with Gasteiger partial charge in [-0.3, -0.25) is 37.3 Å². The average molecular weight is 1550 g/mol. The summed E-state index contributed by atoms with van der Waals surface area (Å²) in [7, 11) is -9.93. The van der Waals surface area contributed by atoms with Crippen molar-refractivity contribution in [1.82, 2.24) is 0 Å². The number of carbonyl (C=O) groups excluding carboxylic acids is 4. The molecule has 0 rings (SSSR count). The zero-order chi connectivity index (χ0) is 77.9. The molecular formula is C87H170O17P2. The zero-order valence-electron chi connectivity index (χ0n) is 69.9. The lowest BCUT2D eigenvalue weighted by Gasteiger charge is -2.21. The summed E-state index contributed by atoms with van der Waals surface area (Å²) in [5.74, 6) is 0.189. The van der Waals surface area contributed by atoms with Crippen molar-refractivity contribution in [2.24, 2.45) is 17.8 Å². The molecule has 0 saturated carbocycles. The van der Waals surface area contributed by atoms with Crippen molar-refractivity contribution in [1.29, 1.82) is 0 Å². The number of ether oxygens (including phenoxy) is 4. The molecule has 5 atom stereocenters. The van der Waals surface area contributed by atoms with Gasteiger partial charge in [0, 0.05) is 25.7 Å². The molecule has 0 amide bonds. The summed E-state index contributed by atoms with van der Waals surface area (Å²) in [6.45, 7) is 12.0. The molecule has 0 aliphatic rings. The lowest BCUT2D eigenvalue weighted by molar-refractivity contribution is -0.161. The molecule has 0 aromatic rings. The van der Waals surface area contributed by atoms with Crippen molar-refractivity contribution < 1.29 is 80.2 Å². The van der Waals surface area contributed by atoms with Crippen LogP contribution in [0.25, 0.3) is 0 Å². The second-order valence-corrected chi connectivity index (χ2v) is 35.6. The Hall–Kier alpha value is -1.94. The van der Waals surface area contributed by atoms with Crippen LogP contribution in [0.4, 0.5) is 0 Å². The zero-order valence-corrected chi connectivity index (χ0v) is 71.7. The maximum atomic E-state index is 13.2. The molecular weight excluding hydrogens is 1380 g/mol. The van der Waals surface area contributed by atoms with Gasteiger partial charge in [0.1, 0.15) is 19.3 Å². The first-order chi connectivity index (χ1) is 51.2. The van der Waals surface area contributed by atoms with Crippen LogP contribution in [0, 0.1) is 17.8 Å². The Bertz CT molecular complexity index is 2040. The summed E-state index contributed by atoms with van der Waals surface area (Å²) in [6.07, 6.45) is 68.3. The van der Waals surface area contributed by atoms with E-state index in [9.17, 15) is 43.2 Å². The molecule has 0 spiro atoms. The number of esters is 4. The maximum absolute atomic E-state index is 13.2. The summed E-state index contributed by atoms with van der Waals surface area (Å²) in [4.78, 5) is 73.2. The largest absolute Gasteiger partial charge is 0.472 e. The van der Waals surface area contributed by atoms with Crippen LogP contribution >= 0.6 is 15.6 Å². The van der Waals surface area contributed by atoms with Crippen molar-refractivity contribution >= 4 is 39.5 Å². The molecule has 0 aliphatic carbocycles. The molecule has 0 radical (unpaired) electrons. The minimum absolute atomic E-state index is 0.107. The van der Waals surface area contributed by atoms with E-state index < -0.39 is 97.5 Å². The fourth-order valence-corrected chi connectivity index (χ4v) is 15.1. The molecule has 17 nitrogen and oxygen atoms in total. The van der Waals surface area contributed by atoms with E-state index in [1.54, 1.807) is 0 Å². The fourth-order valence-electron chi connectivity index (χ4n) is 13.5. The summed E-state index contributed by atoms with van der Waals surface area (Å²) in [6, 6.07) is 0. The first-order valence-electron chi connectivity index (χ1n) is 44.8. The molecule has 2 unspecified atom stereocenters. The predicted octanol–water partition coefficient (Wildman–Crippen LogP) is 26.5. The second-order valence-electron chi connectivity index (χ2n) is 32.7. The number of rotatable bonds is 85. The highest BCUT2D eigenvalue weighted by Gasteiger charge is 2.30. The SMILES string of the molecule is CCCCCCCCCCCCCCCCCCCCCCC(=O)O[C@H](COC(=O)CCCCCCCCCCCCCCCCCCC(C)C)COP(=O)(O)OC[C@@H](O)COP(=O)(O)OC[C@@H](COC(=O)CCCCCCCCC(C)C)OC(=O)CCCCCCCCCCCCCCCCCC(C)C. The van der Waals surface area contributed by atoms with Crippen molar-refractivity contribution in [3.8, 4) is 0 Å². The number of unbranched alkanes of at least 4 members (excludes halogenated alkanes) is 53. The van der Waals surface area contributed by atoms with Gasteiger partial charge in [0.25, 0.3) is 0 Å². The monoisotopic (exact) mass is 1550 g/mol. The molecule has 630 valence electrons. The fraction of sp³-hybridized carbons (Fsp3) is 0.954.